The van der Waals surface area contributed by atoms with Crippen LogP contribution in [-0.2, 0) is 4.74 Å². The average molecular weight is 254 g/mol. The van der Waals surface area contributed by atoms with Crippen molar-refractivity contribution in [3.63, 3.8) is 0 Å². The van der Waals surface area contributed by atoms with Crippen LogP contribution < -0.4 is 4.74 Å². The molecule has 0 heterocycles. The van der Waals surface area contributed by atoms with Gasteiger partial charge in [0.2, 0.25) is 0 Å². The maximum atomic E-state index is 13.1. The lowest BCUT2D eigenvalue weighted by atomic mass is 10.1. The third-order valence-electron chi connectivity index (χ3n) is 2.45. The first-order chi connectivity index (χ1) is 8.65. The number of hydrogen-bond acceptors (Lipinski definition) is 3. The fraction of sp³-hybridized carbons (Fsp3) is 0.500. The van der Waals surface area contributed by atoms with Crippen LogP contribution in [0.15, 0.2) is 18.2 Å². The van der Waals surface area contributed by atoms with Crippen molar-refractivity contribution in [2.45, 2.75) is 26.7 Å². The van der Waals surface area contributed by atoms with Crippen molar-refractivity contribution in [1.82, 2.24) is 0 Å². The number of ketones is 1. The van der Waals surface area contributed by atoms with E-state index in [2.05, 4.69) is 6.92 Å². The van der Waals surface area contributed by atoms with E-state index < -0.39 is 5.82 Å². The summed E-state index contributed by atoms with van der Waals surface area (Å²) in [5.41, 5.74) is 0.393. The molecule has 0 aromatic heterocycles. The van der Waals surface area contributed by atoms with Crippen molar-refractivity contribution in [3.8, 4) is 5.75 Å². The van der Waals surface area contributed by atoms with Crippen molar-refractivity contribution in [1.29, 1.82) is 0 Å². The smallest absolute Gasteiger partial charge is 0.163 e. The number of benzene rings is 1. The van der Waals surface area contributed by atoms with E-state index in [-0.39, 0.29) is 11.5 Å². The zero-order valence-electron chi connectivity index (χ0n) is 10.9. The Morgan fingerprint density at radius 2 is 2.06 bits per heavy atom. The van der Waals surface area contributed by atoms with E-state index in [0.717, 1.165) is 12.8 Å². The fourth-order valence-electron chi connectivity index (χ4n) is 1.47. The van der Waals surface area contributed by atoms with Crippen molar-refractivity contribution >= 4 is 5.78 Å². The molecule has 0 aliphatic heterocycles. The first-order valence-electron chi connectivity index (χ1n) is 6.16. The molecule has 0 bridgehead atoms. The molecule has 1 rings (SSSR count). The van der Waals surface area contributed by atoms with Crippen LogP contribution in [-0.4, -0.2) is 25.6 Å². The highest BCUT2D eigenvalue weighted by Crippen LogP contribution is 2.20. The molecule has 0 radical (unpaired) electrons. The van der Waals surface area contributed by atoms with Crippen LogP contribution >= 0.6 is 0 Å². The largest absolute Gasteiger partial charge is 0.490 e. The van der Waals surface area contributed by atoms with Crippen LogP contribution in [0.1, 0.15) is 37.0 Å². The zero-order chi connectivity index (χ0) is 13.4. The standard InChI is InChI=1S/C14H19FO3/c1-3-4-7-17-8-9-18-14-10-12(15)5-6-13(14)11(2)16/h5-6,10H,3-4,7-9H2,1-2H3. The number of carbonyl (C=O) groups is 1. The Bertz CT molecular complexity index is 391. The molecule has 0 spiro atoms. The molecule has 0 saturated heterocycles. The molecule has 3 nitrogen and oxygen atoms in total. The van der Waals surface area contributed by atoms with Gasteiger partial charge in [-0.15, -0.1) is 0 Å². The van der Waals surface area contributed by atoms with Gasteiger partial charge in [-0.1, -0.05) is 13.3 Å². The number of halogens is 1. The summed E-state index contributed by atoms with van der Waals surface area (Å²) in [5.74, 6) is -0.277. The molecule has 18 heavy (non-hydrogen) atoms. The SMILES string of the molecule is CCCCOCCOc1cc(F)ccc1C(C)=O. The second-order valence-corrected chi connectivity index (χ2v) is 4.01. The molecule has 0 atom stereocenters. The third kappa shape index (κ3) is 4.84. The monoisotopic (exact) mass is 254 g/mol. The van der Waals surface area contributed by atoms with Crippen LogP contribution in [0.5, 0.6) is 5.75 Å². The normalized spacial score (nSPS) is 10.4. The van der Waals surface area contributed by atoms with Gasteiger partial charge in [-0.3, -0.25) is 4.79 Å². The van der Waals surface area contributed by atoms with Crippen LogP contribution in [0.25, 0.3) is 0 Å². The van der Waals surface area contributed by atoms with Gasteiger partial charge in [-0.25, -0.2) is 4.39 Å². The van der Waals surface area contributed by atoms with E-state index in [0.29, 0.717) is 25.4 Å². The molecular weight excluding hydrogens is 235 g/mol. The van der Waals surface area contributed by atoms with Gasteiger partial charge in [0.1, 0.15) is 18.2 Å². The van der Waals surface area contributed by atoms with E-state index >= 15 is 0 Å². The predicted octanol–water partition coefficient (Wildman–Crippen LogP) is 3.22. The minimum atomic E-state index is -0.415. The molecule has 0 aliphatic rings. The highest BCUT2D eigenvalue weighted by molar-refractivity contribution is 5.96. The van der Waals surface area contributed by atoms with Gasteiger partial charge in [-0.2, -0.15) is 0 Å². The van der Waals surface area contributed by atoms with Gasteiger partial charge in [0, 0.05) is 12.7 Å². The highest BCUT2D eigenvalue weighted by Gasteiger charge is 2.09. The minimum absolute atomic E-state index is 0.142. The molecule has 1 aromatic carbocycles. The van der Waals surface area contributed by atoms with Crippen molar-refractivity contribution in [2.75, 3.05) is 19.8 Å². The molecule has 1 aromatic rings. The molecular formula is C14H19FO3. The molecule has 0 aliphatic carbocycles. The van der Waals surface area contributed by atoms with Crippen molar-refractivity contribution < 1.29 is 18.7 Å². The van der Waals surface area contributed by atoms with Gasteiger partial charge < -0.3 is 9.47 Å². The van der Waals surface area contributed by atoms with Crippen LogP contribution in [0, 0.1) is 5.82 Å². The summed E-state index contributed by atoms with van der Waals surface area (Å²) in [5, 5.41) is 0. The summed E-state index contributed by atoms with van der Waals surface area (Å²) in [7, 11) is 0. The summed E-state index contributed by atoms with van der Waals surface area (Å²) >= 11 is 0. The Balaban J connectivity index is 2.45. The van der Waals surface area contributed by atoms with Crippen LogP contribution in [0.4, 0.5) is 4.39 Å². The summed E-state index contributed by atoms with van der Waals surface area (Å²) in [6.45, 7) is 4.97. The maximum Gasteiger partial charge on any atom is 0.163 e. The first kappa shape index (κ1) is 14.6. The average Bonchev–Trinajstić information content (AvgIpc) is 2.33. The number of carbonyl (C=O) groups excluding carboxylic acids is 1. The minimum Gasteiger partial charge on any atom is -0.490 e. The third-order valence-corrected chi connectivity index (χ3v) is 2.45. The summed E-state index contributed by atoms with van der Waals surface area (Å²) in [6.07, 6.45) is 2.10. The Kier molecular flexibility index (Phi) is 6.36. The lowest BCUT2D eigenvalue weighted by Gasteiger charge is -2.10. The lowest BCUT2D eigenvalue weighted by molar-refractivity contribution is 0.0947. The van der Waals surface area contributed by atoms with Crippen molar-refractivity contribution in [3.05, 3.63) is 29.6 Å². The molecule has 0 amide bonds. The number of rotatable bonds is 8. The number of Topliss-reactive ketones (excluding diaryl/α,β-unsaturated/α-hetero) is 1. The fourth-order valence-corrected chi connectivity index (χ4v) is 1.47. The molecule has 0 unspecified atom stereocenters. The van der Waals surface area contributed by atoms with E-state index in [9.17, 15) is 9.18 Å². The lowest BCUT2D eigenvalue weighted by Crippen LogP contribution is -2.09. The summed E-state index contributed by atoms with van der Waals surface area (Å²) < 4.78 is 23.8. The molecule has 0 fully saturated rings. The molecule has 0 N–H and O–H groups in total. The Morgan fingerprint density at radius 3 is 2.72 bits per heavy atom. The van der Waals surface area contributed by atoms with E-state index in [1.807, 2.05) is 0 Å². The van der Waals surface area contributed by atoms with Crippen LogP contribution in [0.2, 0.25) is 0 Å². The van der Waals surface area contributed by atoms with E-state index in [1.165, 1.54) is 25.1 Å². The Hall–Kier alpha value is -1.42. The van der Waals surface area contributed by atoms with Gasteiger partial charge in [-0.05, 0) is 25.5 Å². The molecule has 100 valence electrons. The predicted molar refractivity (Wildman–Crippen MR) is 67.6 cm³/mol. The van der Waals surface area contributed by atoms with E-state index in [1.54, 1.807) is 0 Å². The van der Waals surface area contributed by atoms with Gasteiger partial charge in [0.15, 0.2) is 5.78 Å². The second kappa shape index (κ2) is 7.82. The van der Waals surface area contributed by atoms with Gasteiger partial charge in [0.05, 0.1) is 12.2 Å². The van der Waals surface area contributed by atoms with Gasteiger partial charge in [0.25, 0.3) is 0 Å². The number of unbranched alkanes of at least 4 members (excludes halogenated alkanes) is 1. The van der Waals surface area contributed by atoms with Crippen LogP contribution in [0.3, 0.4) is 0 Å². The quantitative estimate of drug-likeness (QED) is 0.528. The van der Waals surface area contributed by atoms with E-state index in [4.69, 9.17) is 9.47 Å². The van der Waals surface area contributed by atoms with Crippen molar-refractivity contribution in [2.24, 2.45) is 0 Å². The first-order valence-corrected chi connectivity index (χ1v) is 6.16. The zero-order valence-corrected chi connectivity index (χ0v) is 10.9. The molecule has 4 heteroatoms. The maximum absolute atomic E-state index is 13.1. The Morgan fingerprint density at radius 1 is 1.28 bits per heavy atom. The second-order valence-electron chi connectivity index (χ2n) is 4.01. The number of hydrogen-bond donors (Lipinski definition) is 0. The Labute approximate surface area is 107 Å². The highest BCUT2D eigenvalue weighted by atomic mass is 19.1. The van der Waals surface area contributed by atoms with Gasteiger partial charge >= 0.3 is 0 Å². The molecule has 0 saturated carbocycles. The summed E-state index contributed by atoms with van der Waals surface area (Å²) in [4.78, 5) is 11.3. The number of ether oxygens (including phenoxy) is 2. The topological polar surface area (TPSA) is 35.5 Å². The summed E-state index contributed by atoms with van der Waals surface area (Å²) in [6, 6.07) is 3.91.